The highest BCUT2D eigenvalue weighted by atomic mass is 35.5. The van der Waals surface area contributed by atoms with Gasteiger partial charge in [0.15, 0.2) is 5.16 Å². The van der Waals surface area contributed by atoms with Crippen LogP contribution in [0.2, 0.25) is 10.0 Å². The van der Waals surface area contributed by atoms with Gasteiger partial charge in [0.25, 0.3) is 0 Å². The van der Waals surface area contributed by atoms with Crippen LogP contribution in [0.1, 0.15) is 5.56 Å². The topological polar surface area (TPSA) is 63.8 Å². The van der Waals surface area contributed by atoms with E-state index in [1.165, 1.54) is 11.8 Å². The van der Waals surface area contributed by atoms with Crippen LogP contribution in [0, 0.1) is 6.92 Å². The van der Waals surface area contributed by atoms with Crippen molar-refractivity contribution in [2.75, 3.05) is 17.3 Å². The molecule has 0 saturated carbocycles. The van der Waals surface area contributed by atoms with Crippen LogP contribution in [0.3, 0.4) is 0 Å². The van der Waals surface area contributed by atoms with Gasteiger partial charge in [-0.3, -0.25) is 0 Å². The molecule has 0 unspecified atom stereocenters. The Labute approximate surface area is 125 Å². The molecule has 19 heavy (non-hydrogen) atoms. The molecule has 0 radical (unpaired) electrons. The van der Waals surface area contributed by atoms with Gasteiger partial charge >= 0.3 is 0 Å². The molecule has 0 fully saturated rings. The van der Waals surface area contributed by atoms with E-state index in [0.717, 1.165) is 5.56 Å². The van der Waals surface area contributed by atoms with E-state index >= 15 is 0 Å². The van der Waals surface area contributed by atoms with E-state index in [9.17, 15) is 0 Å². The maximum atomic E-state index is 6.16. The zero-order valence-corrected chi connectivity index (χ0v) is 12.7. The van der Waals surface area contributed by atoms with Crippen molar-refractivity contribution in [3.63, 3.8) is 0 Å². The molecule has 100 valence electrons. The second-order valence-electron chi connectivity index (χ2n) is 3.87. The number of nitrogens with one attached hydrogen (secondary N) is 1. The molecule has 1 aromatic carbocycles. The fourth-order valence-electron chi connectivity index (χ4n) is 1.48. The summed E-state index contributed by atoms with van der Waals surface area (Å²) in [5, 5.41) is 4.90. The molecule has 0 spiro atoms. The van der Waals surface area contributed by atoms with E-state index < -0.39 is 0 Å². The lowest BCUT2D eigenvalue weighted by Gasteiger charge is -2.10. The van der Waals surface area contributed by atoms with Crippen molar-refractivity contribution < 1.29 is 0 Å². The zero-order valence-electron chi connectivity index (χ0n) is 10.4. The first kappa shape index (κ1) is 14.2. The molecule has 0 aliphatic rings. The number of benzene rings is 1. The van der Waals surface area contributed by atoms with E-state index in [2.05, 4.69) is 15.3 Å². The van der Waals surface area contributed by atoms with E-state index in [1.54, 1.807) is 18.2 Å². The first-order chi connectivity index (χ1) is 8.99. The van der Waals surface area contributed by atoms with Gasteiger partial charge in [-0.25, -0.2) is 9.97 Å². The fraction of sp³-hybridized carbons (Fsp3) is 0.167. The number of thioether (sulfide) groups is 1. The second kappa shape index (κ2) is 5.86. The van der Waals surface area contributed by atoms with Crippen LogP contribution in [0.25, 0.3) is 0 Å². The standard InChI is InChI=1S/C12H12Cl2N4S/c1-6-3-8(14)9(4-7(6)13)16-11-5-10(15)17-12(18-11)19-2/h3-5H,1-2H3,(H3,15,16,17,18). The van der Waals surface area contributed by atoms with Crippen LogP contribution < -0.4 is 11.1 Å². The normalized spacial score (nSPS) is 10.5. The number of hydrogen-bond acceptors (Lipinski definition) is 5. The highest BCUT2D eigenvalue weighted by Crippen LogP contribution is 2.31. The first-order valence-corrected chi connectivity index (χ1v) is 7.39. The smallest absolute Gasteiger partial charge is 0.191 e. The summed E-state index contributed by atoms with van der Waals surface area (Å²) in [5.74, 6) is 0.981. The molecular formula is C12H12Cl2N4S. The number of rotatable bonds is 3. The molecular weight excluding hydrogens is 303 g/mol. The summed E-state index contributed by atoms with van der Waals surface area (Å²) in [6, 6.07) is 5.20. The predicted octanol–water partition coefficient (Wildman–Crippen LogP) is 4.14. The summed E-state index contributed by atoms with van der Waals surface area (Å²) in [6.07, 6.45) is 1.88. The third kappa shape index (κ3) is 3.43. The quantitative estimate of drug-likeness (QED) is 0.658. The lowest BCUT2D eigenvalue weighted by atomic mass is 10.2. The summed E-state index contributed by atoms with van der Waals surface area (Å²) in [7, 11) is 0. The maximum absolute atomic E-state index is 6.16. The van der Waals surface area contributed by atoms with Crippen molar-refractivity contribution >= 4 is 52.3 Å². The van der Waals surface area contributed by atoms with Gasteiger partial charge < -0.3 is 11.1 Å². The minimum atomic E-state index is 0.399. The van der Waals surface area contributed by atoms with E-state index in [4.69, 9.17) is 28.9 Å². The number of aryl methyl sites for hydroxylation is 1. The van der Waals surface area contributed by atoms with E-state index in [1.807, 2.05) is 13.2 Å². The SMILES string of the molecule is CSc1nc(N)cc(Nc2cc(Cl)c(C)cc2Cl)n1. The average molecular weight is 315 g/mol. The summed E-state index contributed by atoms with van der Waals surface area (Å²) in [5.41, 5.74) is 7.32. The second-order valence-corrected chi connectivity index (χ2v) is 5.46. The van der Waals surface area contributed by atoms with Gasteiger partial charge in [-0.2, -0.15) is 0 Å². The van der Waals surface area contributed by atoms with Gasteiger partial charge in [-0.15, -0.1) is 0 Å². The van der Waals surface area contributed by atoms with Gasteiger partial charge in [0.2, 0.25) is 0 Å². The Hall–Kier alpha value is -1.17. The van der Waals surface area contributed by atoms with Crippen molar-refractivity contribution in [1.29, 1.82) is 0 Å². The van der Waals surface area contributed by atoms with Crippen LogP contribution >= 0.6 is 35.0 Å². The number of anilines is 3. The minimum absolute atomic E-state index is 0.399. The summed E-state index contributed by atoms with van der Waals surface area (Å²) >= 11 is 13.7. The van der Waals surface area contributed by atoms with Crippen molar-refractivity contribution in [2.45, 2.75) is 12.1 Å². The third-order valence-electron chi connectivity index (χ3n) is 2.42. The van der Waals surface area contributed by atoms with Crippen molar-refractivity contribution in [2.24, 2.45) is 0 Å². The Morgan fingerprint density at radius 1 is 1.16 bits per heavy atom. The number of aromatic nitrogens is 2. The van der Waals surface area contributed by atoms with Crippen molar-refractivity contribution in [3.8, 4) is 0 Å². The Morgan fingerprint density at radius 3 is 2.58 bits per heavy atom. The zero-order chi connectivity index (χ0) is 14.0. The Morgan fingerprint density at radius 2 is 1.89 bits per heavy atom. The molecule has 0 saturated heterocycles. The fourth-order valence-corrected chi connectivity index (χ4v) is 2.29. The van der Waals surface area contributed by atoms with Gasteiger partial charge in [-0.1, -0.05) is 35.0 Å². The summed E-state index contributed by atoms with van der Waals surface area (Å²) < 4.78 is 0. The molecule has 0 bridgehead atoms. The number of nitrogens with two attached hydrogens (primary N) is 1. The van der Waals surface area contributed by atoms with Crippen LogP contribution in [-0.2, 0) is 0 Å². The molecule has 1 aromatic heterocycles. The Bertz CT molecular complexity index is 619. The van der Waals surface area contributed by atoms with Crippen molar-refractivity contribution in [1.82, 2.24) is 9.97 Å². The van der Waals surface area contributed by atoms with E-state index in [0.29, 0.717) is 32.5 Å². The van der Waals surface area contributed by atoms with Crippen LogP contribution in [-0.4, -0.2) is 16.2 Å². The Balaban J connectivity index is 2.36. The van der Waals surface area contributed by atoms with Crippen molar-refractivity contribution in [3.05, 3.63) is 33.8 Å². The largest absolute Gasteiger partial charge is 0.383 e. The van der Waals surface area contributed by atoms with Crippen LogP contribution in [0.4, 0.5) is 17.3 Å². The van der Waals surface area contributed by atoms with Gasteiger partial charge in [-0.05, 0) is 30.9 Å². The number of nitrogen functional groups attached to an aromatic ring is 1. The van der Waals surface area contributed by atoms with Gasteiger partial charge in [0.1, 0.15) is 11.6 Å². The van der Waals surface area contributed by atoms with Gasteiger partial charge in [0.05, 0.1) is 10.7 Å². The van der Waals surface area contributed by atoms with E-state index in [-0.39, 0.29) is 0 Å². The maximum Gasteiger partial charge on any atom is 0.191 e. The molecule has 2 rings (SSSR count). The number of hydrogen-bond donors (Lipinski definition) is 2. The van der Waals surface area contributed by atoms with Crippen LogP contribution in [0.5, 0.6) is 0 Å². The highest BCUT2D eigenvalue weighted by Gasteiger charge is 2.07. The highest BCUT2D eigenvalue weighted by molar-refractivity contribution is 7.98. The van der Waals surface area contributed by atoms with Crippen LogP contribution in [0.15, 0.2) is 23.4 Å². The molecule has 2 aromatic rings. The lowest BCUT2D eigenvalue weighted by Crippen LogP contribution is -2.00. The third-order valence-corrected chi connectivity index (χ3v) is 3.69. The lowest BCUT2D eigenvalue weighted by molar-refractivity contribution is 0.984. The summed E-state index contributed by atoms with van der Waals surface area (Å²) in [6.45, 7) is 1.90. The average Bonchev–Trinajstić information content (AvgIpc) is 2.35. The van der Waals surface area contributed by atoms with Gasteiger partial charge in [0, 0.05) is 11.1 Å². The molecule has 3 N–H and O–H groups in total. The number of nitrogens with zero attached hydrogens (tertiary/aromatic N) is 2. The Kier molecular flexibility index (Phi) is 4.39. The number of halogens is 2. The molecule has 0 amide bonds. The minimum Gasteiger partial charge on any atom is -0.383 e. The monoisotopic (exact) mass is 314 g/mol. The molecule has 0 aliphatic heterocycles. The predicted molar refractivity (Wildman–Crippen MR) is 82.7 cm³/mol. The first-order valence-electron chi connectivity index (χ1n) is 5.41. The molecule has 0 atom stereocenters. The molecule has 7 heteroatoms. The molecule has 1 heterocycles. The molecule has 0 aliphatic carbocycles. The molecule has 4 nitrogen and oxygen atoms in total. The summed E-state index contributed by atoms with van der Waals surface area (Å²) in [4.78, 5) is 8.38.